The van der Waals surface area contributed by atoms with Crippen LogP contribution in [0.4, 0.5) is 17.1 Å². The normalized spacial score (nSPS) is 10.3. The van der Waals surface area contributed by atoms with Crippen molar-refractivity contribution in [2.24, 2.45) is 0 Å². The zero-order valence-corrected chi connectivity index (χ0v) is 20.5. The lowest BCUT2D eigenvalue weighted by atomic mass is 10.1. The molecule has 0 unspecified atom stereocenters. The van der Waals surface area contributed by atoms with Gasteiger partial charge in [0.15, 0.2) is 0 Å². The van der Waals surface area contributed by atoms with Crippen LogP contribution in [0.1, 0.15) is 26.3 Å². The van der Waals surface area contributed by atoms with E-state index in [1.165, 1.54) is 0 Å². The van der Waals surface area contributed by atoms with Gasteiger partial charge in [-0.15, -0.1) is 0 Å². The van der Waals surface area contributed by atoms with Crippen LogP contribution in [0.25, 0.3) is 0 Å². The molecule has 0 saturated carbocycles. The predicted octanol–water partition coefficient (Wildman–Crippen LogP) is 4.94. The van der Waals surface area contributed by atoms with Gasteiger partial charge in [0.05, 0.1) is 6.54 Å². The molecule has 0 saturated heterocycles. The van der Waals surface area contributed by atoms with Gasteiger partial charge in [0.25, 0.3) is 11.8 Å². The zero-order chi connectivity index (χ0) is 26.0. The monoisotopic (exact) mass is 492 g/mol. The van der Waals surface area contributed by atoms with E-state index in [0.29, 0.717) is 29.0 Å². The molecule has 0 heterocycles. The molecule has 7 heteroatoms. The molecule has 0 atom stereocenters. The van der Waals surface area contributed by atoms with Crippen molar-refractivity contribution in [3.63, 3.8) is 0 Å². The Kier molecular flexibility index (Phi) is 8.29. The summed E-state index contributed by atoms with van der Waals surface area (Å²) in [5.41, 5.74) is 4.06. The summed E-state index contributed by atoms with van der Waals surface area (Å²) in [7, 11) is 1.73. The number of benzene rings is 4. The highest BCUT2D eigenvalue weighted by Gasteiger charge is 2.13. The van der Waals surface area contributed by atoms with Gasteiger partial charge >= 0.3 is 0 Å². The number of para-hydroxylation sites is 1. The standard InChI is InChI=1S/C30H28N4O3/c1-34(27-13-6-3-7-14-27)30(37)23-15-17-25(18-16-23)31-21-28(35)33-26-12-8-11-24(19-26)29(36)32-20-22-9-4-2-5-10-22/h2-19,31H,20-21H2,1H3,(H,32,36)(H,33,35). The Morgan fingerprint density at radius 1 is 0.703 bits per heavy atom. The summed E-state index contributed by atoms with van der Waals surface area (Å²) < 4.78 is 0. The highest BCUT2D eigenvalue weighted by molar-refractivity contribution is 6.06. The molecular formula is C30H28N4O3. The molecule has 0 bridgehead atoms. The van der Waals surface area contributed by atoms with Gasteiger partial charge in [0.2, 0.25) is 5.91 Å². The van der Waals surface area contributed by atoms with Crippen LogP contribution in [0, 0.1) is 0 Å². The Bertz CT molecular complexity index is 1360. The van der Waals surface area contributed by atoms with E-state index in [2.05, 4.69) is 16.0 Å². The third kappa shape index (κ3) is 7.05. The van der Waals surface area contributed by atoms with Crippen molar-refractivity contribution < 1.29 is 14.4 Å². The summed E-state index contributed by atoms with van der Waals surface area (Å²) in [6.07, 6.45) is 0. The van der Waals surface area contributed by atoms with E-state index in [4.69, 9.17) is 0 Å². The first-order valence-electron chi connectivity index (χ1n) is 11.9. The van der Waals surface area contributed by atoms with Crippen LogP contribution < -0.4 is 20.9 Å². The van der Waals surface area contributed by atoms with Crippen LogP contribution in [0.5, 0.6) is 0 Å². The lowest BCUT2D eigenvalue weighted by Gasteiger charge is -2.17. The van der Waals surface area contributed by atoms with Crippen LogP contribution in [0.2, 0.25) is 0 Å². The second kappa shape index (κ2) is 12.2. The number of nitrogens with one attached hydrogen (secondary N) is 3. The number of hydrogen-bond acceptors (Lipinski definition) is 4. The summed E-state index contributed by atoms with van der Waals surface area (Å²) in [5.74, 6) is -0.598. The Balaban J connectivity index is 1.27. The fourth-order valence-electron chi connectivity index (χ4n) is 3.70. The summed E-state index contributed by atoms with van der Waals surface area (Å²) >= 11 is 0. The quantitative estimate of drug-likeness (QED) is 0.309. The summed E-state index contributed by atoms with van der Waals surface area (Å²) in [4.78, 5) is 39.3. The maximum atomic E-state index is 12.7. The van der Waals surface area contributed by atoms with Crippen molar-refractivity contribution in [1.82, 2.24) is 5.32 Å². The fourth-order valence-corrected chi connectivity index (χ4v) is 3.70. The zero-order valence-electron chi connectivity index (χ0n) is 20.5. The minimum atomic E-state index is -0.259. The van der Waals surface area contributed by atoms with Gasteiger partial charge in [-0.1, -0.05) is 54.6 Å². The van der Waals surface area contributed by atoms with Crippen molar-refractivity contribution in [1.29, 1.82) is 0 Å². The third-order valence-electron chi connectivity index (χ3n) is 5.74. The second-order valence-electron chi connectivity index (χ2n) is 8.43. The van der Waals surface area contributed by atoms with Gasteiger partial charge in [-0.25, -0.2) is 0 Å². The van der Waals surface area contributed by atoms with Gasteiger partial charge < -0.3 is 20.9 Å². The number of nitrogens with zero attached hydrogens (tertiary/aromatic N) is 1. The fraction of sp³-hybridized carbons (Fsp3) is 0.100. The molecule has 0 spiro atoms. The number of hydrogen-bond donors (Lipinski definition) is 3. The average Bonchev–Trinajstić information content (AvgIpc) is 2.95. The lowest BCUT2D eigenvalue weighted by Crippen LogP contribution is -2.26. The molecule has 0 aromatic heterocycles. The first kappa shape index (κ1) is 25.2. The molecule has 3 amide bonds. The van der Waals surface area contributed by atoms with Gasteiger partial charge in [-0.3, -0.25) is 14.4 Å². The lowest BCUT2D eigenvalue weighted by molar-refractivity contribution is -0.114. The first-order valence-corrected chi connectivity index (χ1v) is 11.9. The van der Waals surface area contributed by atoms with E-state index in [9.17, 15) is 14.4 Å². The second-order valence-corrected chi connectivity index (χ2v) is 8.43. The van der Waals surface area contributed by atoms with E-state index < -0.39 is 0 Å². The number of amides is 3. The molecule has 0 radical (unpaired) electrons. The largest absolute Gasteiger partial charge is 0.376 e. The third-order valence-corrected chi connectivity index (χ3v) is 5.74. The van der Waals surface area contributed by atoms with Gasteiger partial charge in [0.1, 0.15) is 0 Å². The molecule has 0 aliphatic carbocycles. The predicted molar refractivity (Wildman–Crippen MR) is 147 cm³/mol. The molecule has 37 heavy (non-hydrogen) atoms. The molecule has 3 N–H and O–H groups in total. The number of carbonyl (C=O) groups is 3. The maximum Gasteiger partial charge on any atom is 0.258 e. The first-order chi connectivity index (χ1) is 18.0. The molecule has 0 aliphatic rings. The van der Waals surface area contributed by atoms with Gasteiger partial charge in [0, 0.05) is 41.8 Å². The van der Waals surface area contributed by atoms with E-state index in [-0.39, 0.29) is 24.3 Å². The minimum absolute atomic E-state index is 0.0294. The minimum Gasteiger partial charge on any atom is -0.376 e. The Labute approximate surface area is 216 Å². The maximum absolute atomic E-state index is 12.7. The summed E-state index contributed by atoms with van der Waals surface area (Å²) in [5, 5.41) is 8.73. The van der Waals surface area contributed by atoms with Crippen molar-refractivity contribution >= 4 is 34.8 Å². The molecule has 4 aromatic carbocycles. The highest BCUT2D eigenvalue weighted by Crippen LogP contribution is 2.17. The Morgan fingerprint density at radius 2 is 1.38 bits per heavy atom. The van der Waals surface area contributed by atoms with Gasteiger partial charge in [-0.05, 0) is 60.2 Å². The van der Waals surface area contributed by atoms with Crippen LogP contribution in [-0.2, 0) is 11.3 Å². The van der Waals surface area contributed by atoms with Crippen molar-refractivity contribution in [3.8, 4) is 0 Å². The molecule has 0 aliphatic heterocycles. The summed E-state index contributed by atoms with van der Waals surface area (Å²) in [6.45, 7) is 0.453. The Hall–Kier alpha value is -4.91. The van der Waals surface area contributed by atoms with Crippen LogP contribution >= 0.6 is 0 Å². The van der Waals surface area contributed by atoms with E-state index in [1.807, 2.05) is 60.7 Å². The van der Waals surface area contributed by atoms with E-state index in [0.717, 1.165) is 11.3 Å². The van der Waals surface area contributed by atoms with Crippen LogP contribution in [-0.4, -0.2) is 31.3 Å². The topological polar surface area (TPSA) is 90.5 Å². The van der Waals surface area contributed by atoms with Crippen molar-refractivity contribution in [3.05, 3.63) is 126 Å². The molecule has 4 aromatic rings. The number of rotatable bonds is 9. The van der Waals surface area contributed by atoms with Gasteiger partial charge in [-0.2, -0.15) is 0 Å². The Morgan fingerprint density at radius 3 is 2.08 bits per heavy atom. The van der Waals surface area contributed by atoms with E-state index >= 15 is 0 Å². The number of carbonyl (C=O) groups excluding carboxylic acids is 3. The molecular weight excluding hydrogens is 464 g/mol. The SMILES string of the molecule is CN(C(=O)c1ccc(NCC(=O)Nc2cccc(C(=O)NCc3ccccc3)c2)cc1)c1ccccc1. The molecule has 186 valence electrons. The smallest absolute Gasteiger partial charge is 0.258 e. The summed E-state index contributed by atoms with van der Waals surface area (Å²) in [6, 6.07) is 32.8. The molecule has 7 nitrogen and oxygen atoms in total. The highest BCUT2D eigenvalue weighted by atomic mass is 16.2. The number of anilines is 3. The van der Waals surface area contributed by atoms with Crippen LogP contribution in [0.3, 0.4) is 0 Å². The molecule has 0 fully saturated rings. The average molecular weight is 493 g/mol. The van der Waals surface area contributed by atoms with E-state index in [1.54, 1.807) is 60.5 Å². The van der Waals surface area contributed by atoms with Crippen LogP contribution in [0.15, 0.2) is 109 Å². The van der Waals surface area contributed by atoms with Crippen molar-refractivity contribution in [2.75, 3.05) is 29.1 Å². The molecule has 4 rings (SSSR count). The van der Waals surface area contributed by atoms with Crippen molar-refractivity contribution in [2.45, 2.75) is 6.54 Å².